The fraction of sp³-hybridized carbons (Fsp3) is 0.286. The Kier molecular flexibility index (Phi) is 2.35. The Bertz CT molecular complexity index is 489. The van der Waals surface area contributed by atoms with Crippen LogP contribution >= 0.6 is 10.7 Å². The molecule has 0 N–H and O–H groups in total. The van der Waals surface area contributed by atoms with Crippen LogP contribution in [0.25, 0.3) is 0 Å². The molecule has 2 rings (SSSR count). The predicted octanol–water partition coefficient (Wildman–Crippen LogP) is 0.234. The van der Waals surface area contributed by atoms with E-state index in [1.807, 2.05) is 0 Å². The van der Waals surface area contributed by atoms with Crippen LogP contribution in [0.15, 0.2) is 18.6 Å². The van der Waals surface area contributed by atoms with Crippen LogP contribution in [-0.2, 0) is 14.0 Å². The molecule has 15 heavy (non-hydrogen) atoms. The maximum Gasteiger partial charge on any atom is 0.324 e. The van der Waals surface area contributed by atoms with Gasteiger partial charge in [-0.1, -0.05) is 0 Å². The van der Waals surface area contributed by atoms with Gasteiger partial charge in [-0.25, -0.2) is 14.3 Å². The van der Waals surface area contributed by atoms with E-state index >= 15 is 0 Å². The Morgan fingerprint density at radius 2 is 2.27 bits per heavy atom. The second-order valence-electron chi connectivity index (χ2n) is 2.99. The molecule has 0 saturated carbocycles. The van der Waals surface area contributed by atoms with Gasteiger partial charge in [0.25, 0.3) is 0 Å². The fourth-order valence-electron chi connectivity index (χ4n) is 1.40. The lowest BCUT2D eigenvalue weighted by Gasteiger charge is -2.36. The van der Waals surface area contributed by atoms with Crippen LogP contribution in [0.3, 0.4) is 0 Å². The lowest BCUT2D eigenvalue weighted by Crippen LogP contribution is -2.48. The second-order valence-corrected chi connectivity index (χ2v) is 5.37. The van der Waals surface area contributed by atoms with E-state index in [4.69, 9.17) is 10.7 Å². The van der Waals surface area contributed by atoms with Crippen LogP contribution in [0.2, 0.25) is 0 Å². The van der Waals surface area contributed by atoms with E-state index in [2.05, 4.69) is 9.97 Å². The predicted molar refractivity (Wildman–Crippen MR) is 51.0 cm³/mol. The number of carbonyl (C=O) groups is 1. The number of halogens is 1. The summed E-state index contributed by atoms with van der Waals surface area (Å²) in [4.78, 5) is 18.6. The van der Waals surface area contributed by atoms with Crippen molar-refractivity contribution >= 4 is 25.8 Å². The number of rotatable bonds is 2. The molecule has 2 heterocycles. The first-order chi connectivity index (χ1) is 7.00. The number of carbonyl (C=O) groups excluding carboxylic acids is 1. The zero-order valence-corrected chi connectivity index (χ0v) is 8.94. The SMILES string of the molecule is O=C1CC(c2ccncn2)N1S(=O)(=O)Cl. The van der Waals surface area contributed by atoms with Crippen LogP contribution in [-0.4, -0.2) is 28.6 Å². The Labute approximate surface area is 90.4 Å². The Hall–Kier alpha value is -1.21. The highest BCUT2D eigenvalue weighted by molar-refractivity contribution is 8.12. The molecule has 1 unspecified atom stereocenters. The molecular weight excluding hydrogens is 242 g/mol. The van der Waals surface area contributed by atoms with Crippen molar-refractivity contribution in [3.05, 3.63) is 24.3 Å². The van der Waals surface area contributed by atoms with Gasteiger partial charge in [-0.3, -0.25) is 4.79 Å². The van der Waals surface area contributed by atoms with Crippen molar-refractivity contribution in [2.75, 3.05) is 0 Å². The summed E-state index contributed by atoms with van der Waals surface area (Å²) in [6, 6.07) is 0.953. The third-order valence-electron chi connectivity index (χ3n) is 2.08. The van der Waals surface area contributed by atoms with Gasteiger partial charge in [-0.05, 0) is 6.07 Å². The first kappa shape index (κ1) is 10.3. The van der Waals surface area contributed by atoms with Gasteiger partial charge in [-0.2, -0.15) is 8.42 Å². The standard InChI is InChI=1S/C7H6ClN3O3S/c8-15(13,14)11-6(3-7(11)12)5-1-2-9-4-10-5/h1-2,4,6H,3H2. The van der Waals surface area contributed by atoms with Crippen molar-refractivity contribution in [3.8, 4) is 0 Å². The van der Waals surface area contributed by atoms with Gasteiger partial charge in [0.2, 0.25) is 5.91 Å². The zero-order chi connectivity index (χ0) is 11.1. The van der Waals surface area contributed by atoms with Crippen molar-refractivity contribution in [2.24, 2.45) is 0 Å². The minimum Gasteiger partial charge on any atom is -0.274 e. The lowest BCUT2D eigenvalue weighted by molar-refractivity contribution is -0.137. The van der Waals surface area contributed by atoms with E-state index in [1.165, 1.54) is 12.5 Å². The highest BCUT2D eigenvalue weighted by atomic mass is 35.7. The van der Waals surface area contributed by atoms with Crippen LogP contribution in [0.4, 0.5) is 0 Å². The van der Waals surface area contributed by atoms with Crippen molar-refractivity contribution in [2.45, 2.75) is 12.5 Å². The third kappa shape index (κ3) is 1.80. The molecule has 1 aliphatic heterocycles. The molecule has 1 atom stereocenters. The van der Waals surface area contributed by atoms with E-state index in [0.29, 0.717) is 10.00 Å². The third-order valence-corrected chi connectivity index (χ3v) is 3.45. The minimum absolute atomic E-state index is 0.100. The van der Waals surface area contributed by atoms with Crippen molar-refractivity contribution in [1.29, 1.82) is 0 Å². The average molecular weight is 248 g/mol. The molecule has 1 aliphatic rings. The number of hydrogen-bond donors (Lipinski definition) is 0. The van der Waals surface area contributed by atoms with Gasteiger partial charge in [-0.15, -0.1) is 0 Å². The van der Waals surface area contributed by atoms with E-state index in [0.717, 1.165) is 0 Å². The van der Waals surface area contributed by atoms with E-state index in [1.54, 1.807) is 6.07 Å². The van der Waals surface area contributed by atoms with Crippen LogP contribution in [0.1, 0.15) is 18.2 Å². The maximum atomic E-state index is 11.1. The van der Waals surface area contributed by atoms with Crippen molar-refractivity contribution in [3.63, 3.8) is 0 Å². The summed E-state index contributed by atoms with van der Waals surface area (Å²) < 4.78 is 22.7. The molecule has 6 nitrogen and oxygen atoms in total. The number of β-lactam (4-membered cyclic amide) rings is 1. The molecule has 8 heteroatoms. The van der Waals surface area contributed by atoms with Crippen LogP contribution in [0.5, 0.6) is 0 Å². The summed E-state index contributed by atoms with van der Waals surface area (Å²) in [5, 5.41) is 0. The molecule has 0 aromatic carbocycles. The van der Waals surface area contributed by atoms with Crippen molar-refractivity contribution < 1.29 is 13.2 Å². The van der Waals surface area contributed by atoms with E-state index < -0.39 is 21.2 Å². The van der Waals surface area contributed by atoms with Gasteiger partial charge >= 0.3 is 9.24 Å². The summed E-state index contributed by atoms with van der Waals surface area (Å²) in [5.74, 6) is -0.520. The highest BCUT2D eigenvalue weighted by Crippen LogP contribution is 2.36. The quantitative estimate of drug-likeness (QED) is 0.552. The first-order valence-electron chi connectivity index (χ1n) is 4.03. The monoisotopic (exact) mass is 247 g/mol. The molecule has 0 aliphatic carbocycles. The molecule has 1 aromatic heterocycles. The van der Waals surface area contributed by atoms with Gasteiger partial charge in [0.15, 0.2) is 0 Å². The summed E-state index contributed by atoms with van der Waals surface area (Å²) >= 11 is 0. The lowest BCUT2D eigenvalue weighted by atomic mass is 10.0. The maximum absolute atomic E-state index is 11.1. The average Bonchev–Trinajstić information content (AvgIpc) is 2.12. The molecule has 0 radical (unpaired) electrons. The second kappa shape index (κ2) is 3.42. The fourth-order valence-corrected chi connectivity index (χ4v) is 2.72. The highest BCUT2D eigenvalue weighted by Gasteiger charge is 2.45. The van der Waals surface area contributed by atoms with Gasteiger partial charge in [0.1, 0.15) is 12.4 Å². The van der Waals surface area contributed by atoms with Crippen LogP contribution in [0, 0.1) is 0 Å². The normalized spacial score (nSPS) is 21.3. The first-order valence-corrected chi connectivity index (χ1v) is 6.29. The number of hydrogen-bond acceptors (Lipinski definition) is 5. The Morgan fingerprint density at radius 1 is 1.53 bits per heavy atom. The van der Waals surface area contributed by atoms with Crippen molar-refractivity contribution in [1.82, 2.24) is 14.3 Å². The van der Waals surface area contributed by atoms with E-state index in [-0.39, 0.29) is 6.42 Å². The summed E-state index contributed by atoms with van der Waals surface area (Å²) in [5.41, 5.74) is 0.467. The Morgan fingerprint density at radius 3 is 2.73 bits per heavy atom. The topological polar surface area (TPSA) is 80.2 Å². The molecule has 0 spiro atoms. The van der Waals surface area contributed by atoms with Gasteiger partial charge < -0.3 is 0 Å². The Balaban J connectivity index is 2.31. The molecular formula is C7H6ClN3O3S. The molecule has 1 aromatic rings. The molecule has 80 valence electrons. The molecule has 1 amide bonds. The minimum atomic E-state index is -4.02. The van der Waals surface area contributed by atoms with E-state index in [9.17, 15) is 13.2 Å². The summed E-state index contributed by atoms with van der Waals surface area (Å²) in [7, 11) is 1.09. The van der Waals surface area contributed by atoms with Gasteiger partial charge in [0.05, 0.1) is 12.1 Å². The largest absolute Gasteiger partial charge is 0.324 e. The number of aromatic nitrogens is 2. The number of amides is 1. The van der Waals surface area contributed by atoms with Gasteiger partial charge in [0, 0.05) is 16.9 Å². The summed E-state index contributed by atoms with van der Waals surface area (Å²) in [6.07, 6.45) is 2.87. The smallest absolute Gasteiger partial charge is 0.274 e. The molecule has 1 saturated heterocycles. The zero-order valence-electron chi connectivity index (χ0n) is 7.37. The summed E-state index contributed by atoms with van der Waals surface area (Å²) in [6.45, 7) is 0. The molecule has 0 bridgehead atoms. The number of nitrogens with zero attached hydrogens (tertiary/aromatic N) is 3. The molecule has 1 fully saturated rings. The van der Waals surface area contributed by atoms with Crippen LogP contribution < -0.4 is 0 Å².